The Hall–Kier alpha value is -4.06. The summed E-state index contributed by atoms with van der Waals surface area (Å²) < 4.78 is 0. The van der Waals surface area contributed by atoms with Gasteiger partial charge in [-0.25, -0.2) is 0 Å². The van der Waals surface area contributed by atoms with Crippen LogP contribution in [0.1, 0.15) is 21.5 Å². The van der Waals surface area contributed by atoms with Gasteiger partial charge in [-0.05, 0) is 53.6 Å². The van der Waals surface area contributed by atoms with Crippen molar-refractivity contribution in [2.24, 2.45) is 0 Å². The topological polar surface area (TPSA) is 98.7 Å². The smallest absolute Gasteiger partial charge is 0.259 e. The van der Waals surface area contributed by atoms with Gasteiger partial charge in [-0.1, -0.05) is 36.9 Å². The first-order valence-electron chi connectivity index (χ1n) is 8.90. The zero-order valence-electron chi connectivity index (χ0n) is 15.6. The molecule has 3 rings (SSSR count). The lowest BCUT2D eigenvalue weighted by Gasteiger charge is -2.11. The number of para-hydroxylation sites is 1. The van der Waals surface area contributed by atoms with Crippen LogP contribution in [0.5, 0.6) is 11.5 Å². The van der Waals surface area contributed by atoms with E-state index in [9.17, 15) is 19.8 Å². The fraction of sp³-hybridized carbons (Fsp3) is 0.0435. The Bertz CT molecular complexity index is 1080. The molecule has 0 radical (unpaired) electrons. The molecule has 0 aliphatic carbocycles. The van der Waals surface area contributed by atoms with Gasteiger partial charge in [0.25, 0.3) is 5.91 Å². The molecule has 6 heteroatoms. The van der Waals surface area contributed by atoms with Crippen LogP contribution in [0.3, 0.4) is 0 Å². The monoisotopic (exact) mass is 388 g/mol. The number of benzene rings is 3. The molecule has 2 amide bonds. The molecule has 0 atom stereocenters. The quantitative estimate of drug-likeness (QED) is 0.378. The summed E-state index contributed by atoms with van der Waals surface area (Å²) in [5.41, 5.74) is 2.62. The fourth-order valence-corrected chi connectivity index (χ4v) is 2.83. The van der Waals surface area contributed by atoms with Crippen molar-refractivity contribution in [3.05, 3.63) is 96.1 Å². The van der Waals surface area contributed by atoms with Gasteiger partial charge in [0.15, 0.2) is 0 Å². The molecule has 0 fully saturated rings. The maximum absolute atomic E-state index is 12.6. The summed E-state index contributed by atoms with van der Waals surface area (Å²) >= 11 is 0. The van der Waals surface area contributed by atoms with Gasteiger partial charge in [-0.2, -0.15) is 0 Å². The van der Waals surface area contributed by atoms with E-state index in [1.807, 2.05) is 18.2 Å². The van der Waals surface area contributed by atoms with E-state index >= 15 is 0 Å². The summed E-state index contributed by atoms with van der Waals surface area (Å²) in [6, 6.07) is 18.5. The van der Waals surface area contributed by atoms with Crippen molar-refractivity contribution in [3.8, 4) is 11.5 Å². The van der Waals surface area contributed by atoms with Crippen molar-refractivity contribution >= 4 is 23.2 Å². The lowest BCUT2D eigenvalue weighted by molar-refractivity contribution is -0.111. The van der Waals surface area contributed by atoms with Crippen LogP contribution in [0, 0.1) is 0 Å². The number of amides is 2. The summed E-state index contributed by atoms with van der Waals surface area (Å²) in [5.74, 6) is -0.925. The van der Waals surface area contributed by atoms with E-state index in [2.05, 4.69) is 17.2 Å². The highest BCUT2D eigenvalue weighted by Gasteiger charge is 2.13. The normalized spacial score (nSPS) is 10.2. The Balaban J connectivity index is 1.77. The van der Waals surface area contributed by atoms with Crippen LogP contribution in [-0.2, 0) is 11.2 Å². The average molecular weight is 388 g/mol. The van der Waals surface area contributed by atoms with Gasteiger partial charge in [0.2, 0.25) is 5.91 Å². The van der Waals surface area contributed by atoms with Crippen LogP contribution in [0.25, 0.3) is 0 Å². The number of anilines is 2. The third-order valence-corrected chi connectivity index (χ3v) is 4.27. The van der Waals surface area contributed by atoms with Gasteiger partial charge in [0.05, 0.1) is 5.56 Å². The lowest BCUT2D eigenvalue weighted by Crippen LogP contribution is -2.14. The molecule has 0 aromatic heterocycles. The molecule has 0 saturated heterocycles. The molecule has 0 heterocycles. The maximum atomic E-state index is 12.6. The van der Waals surface area contributed by atoms with Crippen LogP contribution in [0.15, 0.2) is 79.4 Å². The number of hydrogen-bond donors (Lipinski definition) is 4. The van der Waals surface area contributed by atoms with E-state index in [-0.39, 0.29) is 17.1 Å². The van der Waals surface area contributed by atoms with E-state index in [1.165, 1.54) is 18.2 Å². The standard InChI is InChI=1S/C23H20N2O4/c1-2-22(28)24-18-10-11-21(27)19(14-18)23(29)25-17-8-5-6-15(13-17)12-16-7-3-4-9-20(16)26/h2-11,13-14,26-27H,1,12H2,(H,24,28)(H,25,29). The lowest BCUT2D eigenvalue weighted by atomic mass is 10.0. The number of phenolic OH excluding ortho intramolecular Hbond substituents is 2. The highest BCUT2D eigenvalue weighted by atomic mass is 16.3. The first-order chi connectivity index (χ1) is 14.0. The zero-order chi connectivity index (χ0) is 20.8. The molecular formula is C23H20N2O4. The summed E-state index contributed by atoms with van der Waals surface area (Å²) in [4.78, 5) is 24.1. The van der Waals surface area contributed by atoms with Crippen molar-refractivity contribution in [2.45, 2.75) is 6.42 Å². The van der Waals surface area contributed by atoms with Gasteiger partial charge in [-0.15, -0.1) is 0 Å². The maximum Gasteiger partial charge on any atom is 0.259 e. The number of carbonyl (C=O) groups excluding carboxylic acids is 2. The molecule has 4 N–H and O–H groups in total. The van der Waals surface area contributed by atoms with Crippen LogP contribution in [-0.4, -0.2) is 22.0 Å². The van der Waals surface area contributed by atoms with E-state index in [4.69, 9.17) is 0 Å². The summed E-state index contributed by atoms with van der Waals surface area (Å²) in [6.07, 6.45) is 1.62. The minimum absolute atomic E-state index is 0.0259. The second kappa shape index (κ2) is 8.75. The molecule has 146 valence electrons. The third kappa shape index (κ3) is 5.01. The van der Waals surface area contributed by atoms with Crippen LogP contribution >= 0.6 is 0 Å². The Morgan fingerprint density at radius 3 is 2.38 bits per heavy atom. The molecular weight excluding hydrogens is 368 g/mol. The highest BCUT2D eigenvalue weighted by molar-refractivity contribution is 6.07. The van der Waals surface area contributed by atoms with E-state index in [0.29, 0.717) is 17.8 Å². The number of hydrogen-bond acceptors (Lipinski definition) is 4. The second-order valence-corrected chi connectivity index (χ2v) is 6.39. The van der Waals surface area contributed by atoms with E-state index < -0.39 is 11.8 Å². The average Bonchev–Trinajstić information content (AvgIpc) is 2.71. The van der Waals surface area contributed by atoms with Crippen LogP contribution in [0.4, 0.5) is 11.4 Å². The predicted molar refractivity (Wildman–Crippen MR) is 112 cm³/mol. The minimum atomic E-state index is -0.517. The largest absolute Gasteiger partial charge is 0.508 e. The molecule has 0 aliphatic rings. The van der Waals surface area contributed by atoms with E-state index in [1.54, 1.807) is 30.3 Å². The molecule has 3 aromatic rings. The van der Waals surface area contributed by atoms with Gasteiger partial charge in [0, 0.05) is 17.8 Å². The van der Waals surface area contributed by atoms with Crippen LogP contribution < -0.4 is 10.6 Å². The Kier molecular flexibility index (Phi) is 5.94. The molecule has 0 aliphatic heterocycles. The summed E-state index contributed by atoms with van der Waals surface area (Å²) in [6.45, 7) is 3.37. The van der Waals surface area contributed by atoms with Crippen molar-refractivity contribution < 1.29 is 19.8 Å². The van der Waals surface area contributed by atoms with Crippen molar-refractivity contribution in [1.29, 1.82) is 0 Å². The molecule has 0 spiro atoms. The summed E-state index contributed by atoms with van der Waals surface area (Å²) in [7, 11) is 0. The van der Waals surface area contributed by atoms with Gasteiger partial charge >= 0.3 is 0 Å². The van der Waals surface area contributed by atoms with Gasteiger partial charge < -0.3 is 20.8 Å². The van der Waals surface area contributed by atoms with Gasteiger partial charge in [-0.3, -0.25) is 9.59 Å². The van der Waals surface area contributed by atoms with E-state index in [0.717, 1.165) is 17.2 Å². The Morgan fingerprint density at radius 1 is 0.862 bits per heavy atom. The highest BCUT2D eigenvalue weighted by Crippen LogP contribution is 2.24. The fourth-order valence-electron chi connectivity index (χ4n) is 2.83. The molecule has 3 aromatic carbocycles. The minimum Gasteiger partial charge on any atom is -0.508 e. The van der Waals surface area contributed by atoms with Crippen molar-refractivity contribution in [1.82, 2.24) is 0 Å². The predicted octanol–water partition coefficient (Wildman–Crippen LogP) is 4.07. The number of aromatic hydroxyl groups is 2. The van der Waals surface area contributed by atoms with Crippen molar-refractivity contribution in [3.63, 3.8) is 0 Å². The molecule has 0 saturated carbocycles. The Labute approximate surface area is 168 Å². The van der Waals surface area contributed by atoms with Gasteiger partial charge in [0.1, 0.15) is 11.5 Å². The second-order valence-electron chi connectivity index (χ2n) is 6.39. The molecule has 0 bridgehead atoms. The first kappa shape index (κ1) is 19.7. The van der Waals surface area contributed by atoms with Crippen LogP contribution in [0.2, 0.25) is 0 Å². The number of rotatable bonds is 6. The Morgan fingerprint density at radius 2 is 1.62 bits per heavy atom. The third-order valence-electron chi connectivity index (χ3n) is 4.27. The zero-order valence-corrected chi connectivity index (χ0v) is 15.6. The number of carbonyl (C=O) groups is 2. The molecule has 6 nitrogen and oxygen atoms in total. The number of nitrogens with one attached hydrogen (secondary N) is 2. The summed E-state index contributed by atoms with van der Waals surface area (Å²) in [5, 5.41) is 25.3. The molecule has 0 unspecified atom stereocenters. The first-order valence-corrected chi connectivity index (χ1v) is 8.90. The number of phenols is 2. The van der Waals surface area contributed by atoms with Crippen molar-refractivity contribution in [2.75, 3.05) is 10.6 Å². The molecule has 29 heavy (non-hydrogen) atoms. The SMILES string of the molecule is C=CC(=O)Nc1ccc(O)c(C(=O)Nc2cccc(Cc3ccccc3O)c2)c1.